The molecule has 2 aromatic carbocycles. The Morgan fingerprint density at radius 1 is 1.00 bits per heavy atom. The highest BCUT2D eigenvalue weighted by molar-refractivity contribution is 6.24. The van der Waals surface area contributed by atoms with Crippen molar-refractivity contribution in [2.45, 2.75) is 12.7 Å². The molecule has 1 atom stereocenters. The van der Waals surface area contributed by atoms with E-state index in [0.717, 1.165) is 16.7 Å². The lowest BCUT2D eigenvalue weighted by Gasteiger charge is -2.23. The highest BCUT2D eigenvalue weighted by Crippen LogP contribution is 2.46. The molecule has 1 heterocycles. The zero-order valence-electron chi connectivity index (χ0n) is 13.3. The molecule has 23 heavy (non-hydrogen) atoms. The van der Waals surface area contributed by atoms with Crippen molar-refractivity contribution in [3.8, 4) is 0 Å². The molecule has 1 aliphatic rings. The van der Waals surface area contributed by atoms with E-state index in [1.54, 1.807) is 7.11 Å². The fourth-order valence-electron chi connectivity index (χ4n) is 2.77. The van der Waals surface area contributed by atoms with Crippen LogP contribution >= 0.6 is 0 Å². The lowest BCUT2D eigenvalue weighted by atomic mass is 9.98. The summed E-state index contributed by atoms with van der Waals surface area (Å²) in [6, 6.07) is 17.0. The van der Waals surface area contributed by atoms with Gasteiger partial charge in [-0.15, -0.1) is 0 Å². The number of carbonyl (C=O) groups excluding carboxylic acids is 1. The highest BCUT2D eigenvalue weighted by Gasteiger charge is 2.42. The first-order chi connectivity index (χ1) is 11.1. The topological polar surface area (TPSA) is 44.8 Å². The van der Waals surface area contributed by atoms with Gasteiger partial charge in [0.25, 0.3) is 0 Å². The molecule has 4 heteroatoms. The van der Waals surface area contributed by atoms with Crippen LogP contribution in [-0.4, -0.2) is 20.2 Å². The summed E-state index contributed by atoms with van der Waals surface area (Å²) in [7, 11) is 2.95. The van der Waals surface area contributed by atoms with Crippen molar-refractivity contribution in [1.29, 1.82) is 0 Å². The Hall–Kier alpha value is -2.59. The van der Waals surface area contributed by atoms with Crippen LogP contribution in [0.1, 0.15) is 23.6 Å². The second-order valence-corrected chi connectivity index (χ2v) is 5.36. The van der Waals surface area contributed by atoms with Gasteiger partial charge in [-0.2, -0.15) is 0 Å². The predicted molar refractivity (Wildman–Crippen MR) is 87.2 cm³/mol. The maximum absolute atomic E-state index is 12.4. The van der Waals surface area contributed by atoms with Crippen molar-refractivity contribution in [3.05, 3.63) is 71.3 Å². The maximum Gasteiger partial charge on any atom is 0.342 e. The van der Waals surface area contributed by atoms with Gasteiger partial charge in [0.2, 0.25) is 5.79 Å². The zero-order chi connectivity index (χ0) is 16.4. The second-order valence-electron chi connectivity index (χ2n) is 5.36. The van der Waals surface area contributed by atoms with Crippen LogP contribution in [0.5, 0.6) is 0 Å². The lowest BCUT2D eigenvalue weighted by molar-refractivity contribution is -0.165. The van der Waals surface area contributed by atoms with Crippen molar-refractivity contribution in [3.63, 3.8) is 0 Å². The summed E-state index contributed by atoms with van der Waals surface area (Å²) in [5, 5.41) is 0. The van der Waals surface area contributed by atoms with Crippen molar-refractivity contribution < 1.29 is 19.0 Å². The summed E-state index contributed by atoms with van der Waals surface area (Å²) in [5.41, 5.74) is 2.85. The molecule has 1 unspecified atom stereocenters. The molecular weight excluding hydrogens is 292 g/mol. The molecule has 2 aromatic rings. The fraction of sp³-hybridized carbons (Fsp3) is 0.211. The second kappa shape index (κ2) is 5.89. The first-order valence-corrected chi connectivity index (χ1v) is 7.33. The fourth-order valence-corrected chi connectivity index (χ4v) is 2.77. The summed E-state index contributed by atoms with van der Waals surface area (Å²) in [5.74, 6) is -0.899. The van der Waals surface area contributed by atoms with Crippen molar-refractivity contribution in [1.82, 2.24) is 0 Å². The van der Waals surface area contributed by atoms with E-state index in [-0.39, 0.29) is 0 Å². The normalized spacial score (nSPS) is 21.3. The Bertz CT molecular complexity index is 764. The monoisotopic (exact) mass is 310 g/mol. The molecule has 0 fully saturated rings. The third-order valence-electron chi connectivity index (χ3n) is 4.03. The Labute approximate surface area is 135 Å². The highest BCUT2D eigenvalue weighted by atomic mass is 16.7. The predicted octanol–water partition coefficient (Wildman–Crippen LogP) is 3.58. The zero-order valence-corrected chi connectivity index (χ0v) is 13.3. The van der Waals surface area contributed by atoms with Gasteiger partial charge in [0.15, 0.2) is 0 Å². The third kappa shape index (κ3) is 2.51. The van der Waals surface area contributed by atoms with Gasteiger partial charge in [0.1, 0.15) is 11.3 Å². The Kier molecular flexibility index (Phi) is 3.92. The number of carbonyl (C=O) groups is 1. The first-order valence-electron chi connectivity index (χ1n) is 7.33. The molecule has 3 rings (SSSR count). The van der Waals surface area contributed by atoms with Crippen molar-refractivity contribution >= 4 is 17.3 Å². The quantitative estimate of drug-likeness (QED) is 0.642. The third-order valence-corrected chi connectivity index (χ3v) is 4.03. The number of rotatable bonds is 3. The average molecular weight is 310 g/mol. The molecule has 1 aliphatic heterocycles. The molecule has 0 amide bonds. The molecule has 0 saturated carbocycles. The van der Waals surface area contributed by atoms with Crippen LogP contribution in [-0.2, 0) is 24.8 Å². The summed E-state index contributed by atoms with van der Waals surface area (Å²) in [4.78, 5) is 12.4. The van der Waals surface area contributed by atoms with E-state index in [1.165, 1.54) is 7.11 Å². The molecule has 0 spiro atoms. The largest absolute Gasteiger partial charge is 0.465 e. The Morgan fingerprint density at radius 2 is 1.65 bits per heavy atom. The summed E-state index contributed by atoms with van der Waals surface area (Å²) >= 11 is 0. The van der Waals surface area contributed by atoms with E-state index >= 15 is 0 Å². The molecule has 0 radical (unpaired) electrons. The summed E-state index contributed by atoms with van der Waals surface area (Å²) in [6.07, 6.45) is 0. The number of ether oxygens (including phenoxy) is 3. The molecule has 0 bridgehead atoms. The van der Waals surface area contributed by atoms with Gasteiger partial charge in [-0.1, -0.05) is 54.6 Å². The number of fused-ring (bicyclic) bond motifs is 1. The molecule has 0 aliphatic carbocycles. The van der Waals surface area contributed by atoms with Gasteiger partial charge in [0.05, 0.1) is 7.11 Å². The van der Waals surface area contributed by atoms with Crippen LogP contribution in [0.4, 0.5) is 0 Å². The van der Waals surface area contributed by atoms with E-state index in [0.29, 0.717) is 11.3 Å². The minimum atomic E-state index is -0.931. The SMILES string of the molecule is COC(=O)/C(=C1/OC(C)(OC)c2ccccc21)c1ccccc1. The standard InChI is InChI=1S/C19H18O4/c1-19(22-3)15-12-8-7-11-14(15)17(23-19)16(18(20)21-2)13-9-5-4-6-10-13/h4-12H,1-3H3/b17-16+. The Balaban J connectivity index is 2.28. The molecular formula is C19H18O4. The van der Waals surface area contributed by atoms with Gasteiger partial charge in [-0.05, 0) is 5.56 Å². The van der Waals surface area contributed by atoms with Crippen LogP contribution in [0.15, 0.2) is 54.6 Å². The minimum absolute atomic E-state index is 0.390. The van der Waals surface area contributed by atoms with Crippen LogP contribution in [0, 0.1) is 0 Å². The van der Waals surface area contributed by atoms with Crippen LogP contribution in [0.3, 0.4) is 0 Å². The van der Waals surface area contributed by atoms with Gasteiger partial charge in [-0.3, -0.25) is 0 Å². The Morgan fingerprint density at radius 3 is 2.30 bits per heavy atom. The molecule has 4 nitrogen and oxygen atoms in total. The van der Waals surface area contributed by atoms with E-state index < -0.39 is 11.8 Å². The molecule has 0 aromatic heterocycles. The van der Waals surface area contributed by atoms with Gasteiger partial charge < -0.3 is 14.2 Å². The maximum atomic E-state index is 12.4. The van der Waals surface area contributed by atoms with Crippen molar-refractivity contribution in [2.24, 2.45) is 0 Å². The van der Waals surface area contributed by atoms with Crippen LogP contribution in [0.25, 0.3) is 11.3 Å². The minimum Gasteiger partial charge on any atom is -0.465 e. The summed E-state index contributed by atoms with van der Waals surface area (Å²) < 4.78 is 16.6. The number of methoxy groups -OCH3 is 2. The first kappa shape index (κ1) is 15.3. The van der Waals surface area contributed by atoms with Crippen LogP contribution in [0.2, 0.25) is 0 Å². The number of hydrogen-bond acceptors (Lipinski definition) is 4. The number of benzene rings is 2. The summed E-state index contributed by atoms with van der Waals surface area (Å²) in [6.45, 7) is 1.83. The molecule has 118 valence electrons. The number of hydrogen-bond donors (Lipinski definition) is 0. The lowest BCUT2D eigenvalue weighted by Crippen LogP contribution is -2.22. The van der Waals surface area contributed by atoms with Gasteiger partial charge >= 0.3 is 5.97 Å². The number of esters is 1. The van der Waals surface area contributed by atoms with Crippen LogP contribution < -0.4 is 0 Å². The van der Waals surface area contributed by atoms with E-state index in [9.17, 15) is 4.79 Å². The van der Waals surface area contributed by atoms with E-state index in [2.05, 4.69) is 0 Å². The van der Waals surface area contributed by atoms with E-state index in [1.807, 2.05) is 61.5 Å². The molecule has 0 N–H and O–H groups in total. The average Bonchev–Trinajstić information content (AvgIpc) is 2.90. The molecule has 0 saturated heterocycles. The van der Waals surface area contributed by atoms with Crippen molar-refractivity contribution in [2.75, 3.05) is 14.2 Å². The van der Waals surface area contributed by atoms with Gasteiger partial charge in [-0.25, -0.2) is 4.79 Å². The van der Waals surface area contributed by atoms with E-state index in [4.69, 9.17) is 14.2 Å². The smallest absolute Gasteiger partial charge is 0.342 e. The van der Waals surface area contributed by atoms with Gasteiger partial charge in [0, 0.05) is 25.2 Å².